The first-order chi connectivity index (χ1) is 13.0. The first-order valence-corrected chi connectivity index (χ1v) is 9.59. The molecule has 27 heavy (non-hydrogen) atoms. The summed E-state index contributed by atoms with van der Waals surface area (Å²) >= 11 is 1.24. The zero-order chi connectivity index (χ0) is 19.1. The van der Waals surface area contributed by atoms with Crippen molar-refractivity contribution in [2.75, 3.05) is 0 Å². The molecule has 7 heteroatoms. The molecule has 1 aromatic carbocycles. The largest absolute Gasteiger partial charge is 0.318 e. The van der Waals surface area contributed by atoms with Crippen LogP contribution in [0.5, 0.6) is 0 Å². The van der Waals surface area contributed by atoms with Crippen molar-refractivity contribution in [2.24, 2.45) is 10.1 Å². The van der Waals surface area contributed by atoms with Gasteiger partial charge in [0.15, 0.2) is 11.0 Å². The van der Waals surface area contributed by atoms with Crippen molar-refractivity contribution in [1.82, 2.24) is 9.58 Å². The van der Waals surface area contributed by atoms with E-state index in [9.17, 15) is 4.79 Å². The van der Waals surface area contributed by atoms with Crippen LogP contribution in [0.3, 0.4) is 0 Å². The minimum atomic E-state index is -0.400. The van der Waals surface area contributed by atoms with Gasteiger partial charge in [0.2, 0.25) is 0 Å². The molecule has 2 aromatic rings. The molecule has 0 spiro atoms. The van der Waals surface area contributed by atoms with Crippen LogP contribution in [0.2, 0.25) is 0 Å². The van der Waals surface area contributed by atoms with Gasteiger partial charge < -0.3 is 4.57 Å². The van der Waals surface area contributed by atoms with Gasteiger partial charge in [0.05, 0.1) is 11.1 Å². The van der Waals surface area contributed by atoms with Crippen LogP contribution in [0.15, 0.2) is 46.0 Å². The number of nitrogens with zero attached hydrogens (tertiary/aromatic N) is 4. The fourth-order valence-electron chi connectivity index (χ4n) is 3.42. The third-order valence-electron chi connectivity index (χ3n) is 4.78. The van der Waals surface area contributed by atoms with Gasteiger partial charge in [-0.15, -0.1) is 0 Å². The van der Waals surface area contributed by atoms with Crippen LogP contribution >= 0.6 is 11.8 Å². The van der Waals surface area contributed by atoms with Crippen LogP contribution in [0.1, 0.15) is 29.4 Å². The highest BCUT2D eigenvalue weighted by atomic mass is 32.2. The van der Waals surface area contributed by atoms with Gasteiger partial charge >= 0.3 is 0 Å². The Morgan fingerprint density at radius 2 is 2.04 bits per heavy atom. The molecular weight excluding hydrogens is 358 g/mol. The predicted molar refractivity (Wildman–Crippen MR) is 111 cm³/mol. The molecule has 0 aliphatic carbocycles. The third kappa shape index (κ3) is 2.84. The zero-order valence-corrected chi connectivity index (χ0v) is 16.2. The Balaban J connectivity index is 1.81. The second-order valence-electron chi connectivity index (χ2n) is 6.40. The molecule has 136 valence electrons. The van der Waals surface area contributed by atoms with Gasteiger partial charge in [0, 0.05) is 17.1 Å². The summed E-state index contributed by atoms with van der Waals surface area (Å²) in [6, 6.07) is 10.4. The maximum absolute atomic E-state index is 12.4. The zero-order valence-electron chi connectivity index (χ0n) is 15.4. The standard InChI is InChI=1S/C20H19N5OS/c1-4-14-7-5-6-8-17(14)24-12(2)9-15(13(24)3)10-16-18(21)25-20(23-19(16)26)27-11-22-25/h5-11,21H,4H2,1-3H3. The lowest BCUT2D eigenvalue weighted by atomic mass is 10.1. The Bertz CT molecular complexity index is 1060. The monoisotopic (exact) mass is 377 g/mol. The molecule has 2 aliphatic rings. The number of hydrogen-bond acceptors (Lipinski definition) is 4. The summed E-state index contributed by atoms with van der Waals surface area (Å²) in [5.74, 6) is -0.340. The average Bonchev–Trinajstić information content (AvgIpc) is 3.23. The normalized spacial score (nSPS) is 17.7. The number of carbonyl (C=O) groups excluding carboxylic acids is 1. The molecule has 1 aromatic heterocycles. The molecule has 2 aliphatic heterocycles. The minimum Gasteiger partial charge on any atom is -0.318 e. The molecule has 6 nitrogen and oxygen atoms in total. The van der Waals surface area contributed by atoms with Gasteiger partial charge in [-0.25, -0.2) is 0 Å². The summed E-state index contributed by atoms with van der Waals surface area (Å²) in [4.78, 5) is 16.5. The van der Waals surface area contributed by atoms with Crippen LogP contribution in [-0.4, -0.2) is 32.0 Å². The van der Waals surface area contributed by atoms with Crippen LogP contribution in [-0.2, 0) is 11.2 Å². The van der Waals surface area contributed by atoms with Gasteiger partial charge in [-0.05, 0) is 61.4 Å². The summed E-state index contributed by atoms with van der Waals surface area (Å²) in [5, 5.41) is 14.3. The van der Waals surface area contributed by atoms with Gasteiger partial charge in [0.1, 0.15) is 0 Å². The van der Waals surface area contributed by atoms with Gasteiger partial charge in [-0.3, -0.25) is 10.2 Å². The van der Waals surface area contributed by atoms with E-state index in [4.69, 9.17) is 5.41 Å². The Morgan fingerprint density at radius 3 is 2.81 bits per heavy atom. The van der Waals surface area contributed by atoms with Crippen LogP contribution < -0.4 is 0 Å². The SMILES string of the molecule is CCc1ccccc1-n1c(C)cc(C=C2C(=N)N3N=CSC3=NC2=O)c1C. The van der Waals surface area contributed by atoms with Crippen molar-refractivity contribution in [2.45, 2.75) is 27.2 Å². The number of para-hydroxylation sites is 1. The van der Waals surface area contributed by atoms with Crippen molar-refractivity contribution in [3.8, 4) is 5.69 Å². The van der Waals surface area contributed by atoms with E-state index in [-0.39, 0.29) is 11.4 Å². The molecule has 0 saturated carbocycles. The molecule has 0 atom stereocenters. The van der Waals surface area contributed by atoms with Crippen molar-refractivity contribution in [3.63, 3.8) is 0 Å². The lowest BCUT2D eigenvalue weighted by Crippen LogP contribution is -2.35. The molecule has 1 amide bonds. The van der Waals surface area contributed by atoms with E-state index < -0.39 is 5.91 Å². The van der Waals surface area contributed by atoms with E-state index in [1.54, 1.807) is 11.6 Å². The van der Waals surface area contributed by atoms with E-state index in [0.29, 0.717) is 5.17 Å². The number of benzene rings is 1. The number of hydrogen-bond donors (Lipinski definition) is 1. The smallest absolute Gasteiger partial charge is 0.283 e. The molecule has 3 heterocycles. The predicted octanol–water partition coefficient (Wildman–Crippen LogP) is 3.91. The first kappa shape index (κ1) is 17.5. The number of aromatic nitrogens is 1. The summed E-state index contributed by atoms with van der Waals surface area (Å²) in [7, 11) is 0. The number of rotatable bonds is 3. The molecule has 0 radical (unpaired) electrons. The second-order valence-corrected chi connectivity index (χ2v) is 7.21. The lowest BCUT2D eigenvalue weighted by Gasteiger charge is -2.20. The highest BCUT2D eigenvalue weighted by Gasteiger charge is 2.32. The lowest BCUT2D eigenvalue weighted by molar-refractivity contribution is -0.114. The van der Waals surface area contributed by atoms with Gasteiger partial charge in [-0.1, -0.05) is 25.1 Å². The van der Waals surface area contributed by atoms with E-state index in [0.717, 1.165) is 29.1 Å². The number of nitrogens with one attached hydrogen (secondary N) is 1. The van der Waals surface area contributed by atoms with Gasteiger partial charge in [0.25, 0.3) is 5.91 Å². The van der Waals surface area contributed by atoms with E-state index >= 15 is 0 Å². The molecule has 0 saturated heterocycles. The van der Waals surface area contributed by atoms with Crippen LogP contribution in [0.4, 0.5) is 0 Å². The highest BCUT2D eigenvalue weighted by Crippen LogP contribution is 2.28. The summed E-state index contributed by atoms with van der Waals surface area (Å²) in [5.41, 5.74) is 7.24. The maximum atomic E-state index is 12.4. The summed E-state index contributed by atoms with van der Waals surface area (Å²) in [6.07, 6.45) is 2.69. The van der Waals surface area contributed by atoms with Gasteiger partial charge in [-0.2, -0.15) is 15.1 Å². The number of thioether (sulfide) groups is 1. The summed E-state index contributed by atoms with van der Waals surface area (Å²) < 4.78 is 2.20. The third-order valence-corrected chi connectivity index (χ3v) is 5.45. The molecule has 0 fully saturated rings. The Hall–Kier alpha value is -2.93. The van der Waals surface area contributed by atoms with Crippen LogP contribution in [0, 0.1) is 19.3 Å². The number of amidine groups is 2. The number of aryl methyl sites for hydroxylation is 2. The van der Waals surface area contributed by atoms with Crippen molar-refractivity contribution in [3.05, 3.63) is 58.4 Å². The fraction of sp³-hybridized carbons (Fsp3) is 0.200. The number of amides is 1. The van der Waals surface area contributed by atoms with E-state index in [1.165, 1.54) is 22.3 Å². The highest BCUT2D eigenvalue weighted by molar-refractivity contribution is 8.25. The maximum Gasteiger partial charge on any atom is 0.283 e. The topological polar surface area (TPSA) is 73.8 Å². The van der Waals surface area contributed by atoms with Crippen molar-refractivity contribution in [1.29, 1.82) is 5.41 Å². The number of carbonyl (C=O) groups is 1. The number of fused-ring (bicyclic) bond motifs is 1. The molecule has 4 rings (SSSR count). The summed E-state index contributed by atoms with van der Waals surface area (Å²) in [6.45, 7) is 6.22. The quantitative estimate of drug-likeness (QED) is 0.824. The fourth-order valence-corrected chi connectivity index (χ4v) is 4.03. The Morgan fingerprint density at radius 1 is 1.26 bits per heavy atom. The van der Waals surface area contributed by atoms with E-state index in [2.05, 4.69) is 33.7 Å². The molecule has 1 N–H and O–H groups in total. The number of hydrazone groups is 1. The van der Waals surface area contributed by atoms with Crippen LogP contribution in [0.25, 0.3) is 11.8 Å². The number of aliphatic imine (C=N–C) groups is 1. The Labute approximate surface area is 161 Å². The van der Waals surface area contributed by atoms with E-state index in [1.807, 2.05) is 32.0 Å². The molecule has 0 bridgehead atoms. The first-order valence-electron chi connectivity index (χ1n) is 8.71. The molecular formula is C20H19N5OS. The Kier molecular flexibility index (Phi) is 4.31. The average molecular weight is 377 g/mol. The minimum absolute atomic E-state index is 0.0602. The second kappa shape index (κ2) is 6.66. The van der Waals surface area contributed by atoms with Crippen molar-refractivity contribution >= 4 is 40.3 Å². The molecule has 0 unspecified atom stereocenters. The van der Waals surface area contributed by atoms with Crippen molar-refractivity contribution < 1.29 is 4.79 Å².